The van der Waals surface area contributed by atoms with E-state index in [9.17, 15) is 9.59 Å². The SMILES string of the molecule is CC(C)N(C(=O)COC(=O)c1nccnc1N)c1ccccc1. The number of rotatable bonds is 5. The Hall–Kier alpha value is -2.96. The molecule has 0 saturated heterocycles. The van der Waals surface area contributed by atoms with E-state index in [1.54, 1.807) is 4.90 Å². The van der Waals surface area contributed by atoms with Crippen LogP contribution in [-0.2, 0) is 9.53 Å². The van der Waals surface area contributed by atoms with Gasteiger partial charge < -0.3 is 15.4 Å². The molecule has 2 N–H and O–H groups in total. The van der Waals surface area contributed by atoms with E-state index < -0.39 is 12.6 Å². The minimum absolute atomic E-state index is 0.0336. The van der Waals surface area contributed by atoms with E-state index in [2.05, 4.69) is 9.97 Å². The van der Waals surface area contributed by atoms with Crippen LogP contribution in [0.15, 0.2) is 42.7 Å². The fourth-order valence-electron chi connectivity index (χ4n) is 2.09. The minimum Gasteiger partial charge on any atom is -0.451 e. The number of nitrogen functional groups attached to an aromatic ring is 1. The number of ether oxygens (including phenoxy) is 1. The molecule has 120 valence electrons. The standard InChI is InChI=1S/C16H18N4O3/c1-11(2)20(12-6-4-3-5-7-12)13(21)10-23-16(22)14-15(17)19-9-8-18-14/h3-9,11H,10H2,1-2H3,(H2,17,19). The van der Waals surface area contributed by atoms with Gasteiger partial charge in [-0.15, -0.1) is 0 Å². The number of para-hydroxylation sites is 1. The van der Waals surface area contributed by atoms with Crippen LogP contribution in [0.2, 0.25) is 0 Å². The molecule has 0 radical (unpaired) electrons. The van der Waals surface area contributed by atoms with Gasteiger partial charge in [-0.1, -0.05) is 18.2 Å². The van der Waals surface area contributed by atoms with Gasteiger partial charge in [-0.05, 0) is 26.0 Å². The molecule has 0 saturated carbocycles. The molecular weight excluding hydrogens is 296 g/mol. The molecule has 0 aliphatic heterocycles. The van der Waals surface area contributed by atoms with Gasteiger partial charge in [0.25, 0.3) is 5.91 Å². The maximum absolute atomic E-state index is 12.4. The molecule has 0 aliphatic carbocycles. The fourth-order valence-corrected chi connectivity index (χ4v) is 2.09. The third kappa shape index (κ3) is 4.03. The lowest BCUT2D eigenvalue weighted by Gasteiger charge is -2.26. The van der Waals surface area contributed by atoms with Crippen LogP contribution in [0.3, 0.4) is 0 Å². The van der Waals surface area contributed by atoms with E-state index in [0.29, 0.717) is 0 Å². The van der Waals surface area contributed by atoms with Crippen molar-refractivity contribution in [1.82, 2.24) is 9.97 Å². The van der Waals surface area contributed by atoms with Gasteiger partial charge in [-0.3, -0.25) is 4.79 Å². The summed E-state index contributed by atoms with van der Waals surface area (Å²) in [5.41, 5.74) is 6.19. The average Bonchev–Trinajstić information content (AvgIpc) is 2.54. The average molecular weight is 314 g/mol. The molecule has 2 rings (SSSR count). The third-order valence-corrected chi connectivity index (χ3v) is 3.07. The molecule has 0 bridgehead atoms. The molecule has 0 spiro atoms. The van der Waals surface area contributed by atoms with Crippen LogP contribution in [0.5, 0.6) is 0 Å². The highest BCUT2D eigenvalue weighted by atomic mass is 16.5. The van der Waals surface area contributed by atoms with Crippen molar-refractivity contribution in [2.24, 2.45) is 0 Å². The van der Waals surface area contributed by atoms with Gasteiger partial charge in [0.05, 0.1) is 0 Å². The number of carbonyl (C=O) groups is 2. The summed E-state index contributed by atoms with van der Waals surface area (Å²) in [7, 11) is 0. The Kier molecular flexibility index (Phi) is 5.24. The number of nitrogens with two attached hydrogens (primary N) is 1. The van der Waals surface area contributed by atoms with Crippen LogP contribution in [0.4, 0.5) is 11.5 Å². The van der Waals surface area contributed by atoms with Crippen molar-refractivity contribution in [2.75, 3.05) is 17.2 Å². The van der Waals surface area contributed by atoms with E-state index in [1.165, 1.54) is 12.4 Å². The van der Waals surface area contributed by atoms with Gasteiger partial charge in [-0.2, -0.15) is 0 Å². The monoisotopic (exact) mass is 314 g/mol. The second-order valence-electron chi connectivity index (χ2n) is 5.06. The van der Waals surface area contributed by atoms with E-state index in [1.807, 2.05) is 44.2 Å². The number of carbonyl (C=O) groups excluding carboxylic acids is 2. The van der Waals surface area contributed by atoms with Gasteiger partial charge in [0.1, 0.15) is 0 Å². The molecule has 7 heteroatoms. The number of benzene rings is 1. The Labute approximate surface area is 134 Å². The molecule has 1 heterocycles. The zero-order valence-electron chi connectivity index (χ0n) is 13.0. The van der Waals surface area contributed by atoms with Crippen LogP contribution in [-0.4, -0.2) is 34.5 Å². The summed E-state index contributed by atoms with van der Waals surface area (Å²) in [4.78, 5) is 33.4. The van der Waals surface area contributed by atoms with Crippen molar-refractivity contribution in [3.8, 4) is 0 Å². The first-order valence-corrected chi connectivity index (χ1v) is 7.11. The van der Waals surface area contributed by atoms with E-state index in [0.717, 1.165) is 5.69 Å². The summed E-state index contributed by atoms with van der Waals surface area (Å²) in [6.45, 7) is 3.36. The zero-order chi connectivity index (χ0) is 16.8. The molecule has 1 aromatic carbocycles. The smallest absolute Gasteiger partial charge is 0.361 e. The predicted molar refractivity (Wildman–Crippen MR) is 85.8 cm³/mol. The highest BCUT2D eigenvalue weighted by Gasteiger charge is 2.22. The van der Waals surface area contributed by atoms with E-state index in [4.69, 9.17) is 10.5 Å². The summed E-state index contributed by atoms with van der Waals surface area (Å²) >= 11 is 0. The number of esters is 1. The Morgan fingerprint density at radius 1 is 1.17 bits per heavy atom. The molecule has 0 unspecified atom stereocenters. The lowest BCUT2D eigenvalue weighted by atomic mass is 10.2. The van der Waals surface area contributed by atoms with Crippen LogP contribution in [0.25, 0.3) is 0 Å². The first kappa shape index (κ1) is 16.4. The molecule has 0 fully saturated rings. The zero-order valence-corrected chi connectivity index (χ0v) is 13.0. The summed E-state index contributed by atoms with van der Waals surface area (Å²) < 4.78 is 5.01. The molecule has 2 aromatic rings. The van der Waals surface area contributed by atoms with Gasteiger partial charge in [0, 0.05) is 24.1 Å². The van der Waals surface area contributed by atoms with Gasteiger partial charge in [-0.25, -0.2) is 14.8 Å². The molecule has 0 atom stereocenters. The number of nitrogens with zero attached hydrogens (tertiary/aromatic N) is 3. The van der Waals surface area contributed by atoms with Crippen LogP contribution < -0.4 is 10.6 Å². The van der Waals surface area contributed by atoms with Crippen molar-refractivity contribution >= 4 is 23.4 Å². The normalized spacial score (nSPS) is 10.4. The highest BCUT2D eigenvalue weighted by Crippen LogP contribution is 2.17. The minimum atomic E-state index is -0.777. The number of hydrogen-bond donors (Lipinski definition) is 1. The molecule has 7 nitrogen and oxygen atoms in total. The second kappa shape index (κ2) is 7.35. The lowest BCUT2D eigenvalue weighted by Crippen LogP contribution is -2.40. The van der Waals surface area contributed by atoms with Gasteiger partial charge >= 0.3 is 5.97 Å². The van der Waals surface area contributed by atoms with E-state index in [-0.39, 0.29) is 23.5 Å². The second-order valence-corrected chi connectivity index (χ2v) is 5.06. The molecule has 23 heavy (non-hydrogen) atoms. The first-order valence-electron chi connectivity index (χ1n) is 7.11. The van der Waals surface area contributed by atoms with Crippen LogP contribution in [0.1, 0.15) is 24.3 Å². The van der Waals surface area contributed by atoms with Crippen molar-refractivity contribution in [1.29, 1.82) is 0 Å². The van der Waals surface area contributed by atoms with Crippen molar-refractivity contribution in [3.63, 3.8) is 0 Å². The maximum atomic E-state index is 12.4. The fraction of sp³-hybridized carbons (Fsp3) is 0.250. The molecule has 1 aromatic heterocycles. The highest BCUT2D eigenvalue weighted by molar-refractivity contribution is 5.98. The van der Waals surface area contributed by atoms with Gasteiger partial charge in [0.15, 0.2) is 18.1 Å². The Morgan fingerprint density at radius 2 is 1.83 bits per heavy atom. The van der Waals surface area contributed by atoms with E-state index >= 15 is 0 Å². The van der Waals surface area contributed by atoms with Crippen molar-refractivity contribution in [2.45, 2.75) is 19.9 Å². The first-order chi connectivity index (χ1) is 11.0. The Morgan fingerprint density at radius 3 is 2.43 bits per heavy atom. The molecule has 0 aliphatic rings. The van der Waals surface area contributed by atoms with Crippen LogP contribution in [0, 0.1) is 0 Å². The van der Waals surface area contributed by atoms with Crippen LogP contribution >= 0.6 is 0 Å². The number of hydrogen-bond acceptors (Lipinski definition) is 6. The summed E-state index contributed by atoms with van der Waals surface area (Å²) in [5.74, 6) is -1.14. The molecular formula is C16H18N4O3. The largest absolute Gasteiger partial charge is 0.451 e. The number of amides is 1. The number of aromatic nitrogens is 2. The number of anilines is 2. The molecule has 1 amide bonds. The Balaban J connectivity index is 2.06. The third-order valence-electron chi connectivity index (χ3n) is 3.07. The topological polar surface area (TPSA) is 98.4 Å². The van der Waals surface area contributed by atoms with Crippen molar-refractivity contribution in [3.05, 3.63) is 48.4 Å². The summed E-state index contributed by atoms with van der Waals surface area (Å²) in [6.07, 6.45) is 2.70. The predicted octanol–water partition coefficient (Wildman–Crippen LogP) is 1.66. The quantitative estimate of drug-likeness (QED) is 0.843. The van der Waals surface area contributed by atoms with Crippen molar-refractivity contribution < 1.29 is 14.3 Å². The summed E-state index contributed by atoms with van der Waals surface area (Å²) in [6, 6.07) is 9.10. The van der Waals surface area contributed by atoms with Gasteiger partial charge in [0.2, 0.25) is 0 Å². The summed E-state index contributed by atoms with van der Waals surface area (Å²) in [5, 5.41) is 0. The Bertz CT molecular complexity index is 689. The lowest BCUT2D eigenvalue weighted by molar-refractivity contribution is -0.122. The maximum Gasteiger partial charge on any atom is 0.361 e.